The van der Waals surface area contributed by atoms with Crippen molar-refractivity contribution in [3.8, 4) is 0 Å². The Morgan fingerprint density at radius 2 is 1.76 bits per heavy atom. The second kappa shape index (κ2) is 5.89. The summed E-state index contributed by atoms with van der Waals surface area (Å²) in [4.78, 5) is 12.2. The molecule has 1 aliphatic heterocycles. The smallest absolute Gasteiger partial charge is 0.262 e. The quantitative estimate of drug-likeness (QED) is 0.761. The highest BCUT2D eigenvalue weighted by molar-refractivity contribution is 7.93. The van der Waals surface area contributed by atoms with E-state index in [-0.39, 0.29) is 10.8 Å². The average molecular weight is 352 g/mol. The normalized spacial score (nSPS) is 14.0. The number of amides is 1. The first-order valence-corrected chi connectivity index (χ1v) is 9.45. The molecule has 3 aromatic rings. The molecule has 0 atom stereocenters. The van der Waals surface area contributed by atoms with E-state index in [2.05, 4.69) is 10.0 Å². The average Bonchev–Trinajstić information content (AvgIpc) is 2.61. The van der Waals surface area contributed by atoms with Gasteiger partial charge in [0.25, 0.3) is 15.9 Å². The van der Waals surface area contributed by atoms with Crippen LogP contribution in [0.1, 0.15) is 15.9 Å². The van der Waals surface area contributed by atoms with Crippen molar-refractivity contribution < 1.29 is 13.2 Å². The first-order valence-electron chi connectivity index (χ1n) is 7.96. The molecule has 0 aliphatic carbocycles. The van der Waals surface area contributed by atoms with E-state index >= 15 is 0 Å². The molecule has 6 heteroatoms. The Morgan fingerprint density at radius 3 is 2.64 bits per heavy atom. The number of nitrogens with one attached hydrogen (secondary N) is 2. The van der Waals surface area contributed by atoms with E-state index in [1.165, 1.54) is 0 Å². The molecule has 126 valence electrons. The molecule has 1 amide bonds. The van der Waals surface area contributed by atoms with Crippen LogP contribution in [0.3, 0.4) is 0 Å². The van der Waals surface area contributed by atoms with Crippen molar-refractivity contribution >= 4 is 32.4 Å². The molecular formula is C19H16N2O3S. The zero-order valence-corrected chi connectivity index (χ0v) is 14.1. The highest BCUT2D eigenvalue weighted by atomic mass is 32.2. The van der Waals surface area contributed by atoms with Gasteiger partial charge in [0.15, 0.2) is 0 Å². The highest BCUT2D eigenvalue weighted by Crippen LogP contribution is 2.26. The van der Waals surface area contributed by atoms with E-state index in [4.69, 9.17) is 0 Å². The van der Waals surface area contributed by atoms with Crippen molar-refractivity contribution in [2.75, 3.05) is 11.3 Å². The fourth-order valence-electron chi connectivity index (χ4n) is 3.12. The summed E-state index contributed by atoms with van der Waals surface area (Å²) < 4.78 is 28.3. The van der Waals surface area contributed by atoms with E-state index in [1.807, 2.05) is 24.3 Å². The largest absolute Gasteiger partial charge is 0.352 e. The monoisotopic (exact) mass is 352 g/mol. The number of rotatable bonds is 3. The second-order valence-corrected chi connectivity index (χ2v) is 7.61. The van der Waals surface area contributed by atoms with Gasteiger partial charge in [-0.25, -0.2) is 8.42 Å². The predicted molar refractivity (Wildman–Crippen MR) is 97.2 cm³/mol. The summed E-state index contributed by atoms with van der Waals surface area (Å²) in [6.07, 6.45) is 0.747. The Kier molecular flexibility index (Phi) is 3.69. The van der Waals surface area contributed by atoms with Gasteiger partial charge in [-0.3, -0.25) is 9.52 Å². The Balaban J connectivity index is 1.75. The van der Waals surface area contributed by atoms with Gasteiger partial charge in [-0.1, -0.05) is 42.5 Å². The van der Waals surface area contributed by atoms with Crippen LogP contribution in [0.25, 0.3) is 10.8 Å². The van der Waals surface area contributed by atoms with Gasteiger partial charge in [0.1, 0.15) is 0 Å². The first-order chi connectivity index (χ1) is 12.0. The van der Waals surface area contributed by atoms with Crippen molar-refractivity contribution in [2.45, 2.75) is 11.3 Å². The van der Waals surface area contributed by atoms with Crippen molar-refractivity contribution in [2.24, 2.45) is 0 Å². The summed E-state index contributed by atoms with van der Waals surface area (Å²) in [5.41, 5.74) is 1.82. The third kappa shape index (κ3) is 2.85. The maximum absolute atomic E-state index is 12.9. The topological polar surface area (TPSA) is 75.3 Å². The minimum atomic E-state index is -3.77. The molecule has 0 aromatic heterocycles. The Labute approximate surface area is 145 Å². The van der Waals surface area contributed by atoms with E-state index in [0.717, 1.165) is 17.4 Å². The summed E-state index contributed by atoms with van der Waals surface area (Å²) >= 11 is 0. The van der Waals surface area contributed by atoms with Gasteiger partial charge in [0.05, 0.1) is 4.90 Å². The maximum Gasteiger partial charge on any atom is 0.262 e. The summed E-state index contributed by atoms with van der Waals surface area (Å²) in [6.45, 7) is 0.604. The molecule has 0 unspecified atom stereocenters. The van der Waals surface area contributed by atoms with Crippen LogP contribution in [0.4, 0.5) is 5.69 Å². The fourth-order valence-corrected chi connectivity index (χ4v) is 4.40. The lowest BCUT2D eigenvalue weighted by Crippen LogP contribution is -2.31. The first kappa shape index (κ1) is 15.7. The Morgan fingerprint density at radius 1 is 0.960 bits per heavy atom. The predicted octanol–water partition coefficient (Wildman–Crippen LogP) is 2.93. The third-order valence-electron chi connectivity index (χ3n) is 4.33. The lowest BCUT2D eigenvalue weighted by Gasteiger charge is -2.18. The van der Waals surface area contributed by atoms with Crippen molar-refractivity contribution in [1.29, 1.82) is 0 Å². The zero-order chi connectivity index (χ0) is 17.4. The fraction of sp³-hybridized carbons (Fsp3) is 0.105. The number of fused-ring (bicyclic) bond motifs is 2. The molecule has 25 heavy (non-hydrogen) atoms. The Bertz CT molecular complexity index is 1090. The summed E-state index contributed by atoms with van der Waals surface area (Å²) in [7, 11) is -3.77. The van der Waals surface area contributed by atoms with Crippen LogP contribution >= 0.6 is 0 Å². The minimum absolute atomic E-state index is 0.174. The van der Waals surface area contributed by atoms with Gasteiger partial charge < -0.3 is 5.32 Å². The molecule has 0 radical (unpaired) electrons. The van der Waals surface area contributed by atoms with Gasteiger partial charge in [0.2, 0.25) is 0 Å². The van der Waals surface area contributed by atoms with E-state index in [0.29, 0.717) is 23.2 Å². The molecule has 1 heterocycles. The summed E-state index contributed by atoms with van der Waals surface area (Å²) in [6, 6.07) is 17.6. The molecule has 4 rings (SSSR count). The molecule has 0 saturated heterocycles. The molecule has 0 fully saturated rings. The molecule has 5 nitrogen and oxygen atoms in total. The highest BCUT2D eigenvalue weighted by Gasteiger charge is 2.20. The van der Waals surface area contributed by atoms with Gasteiger partial charge >= 0.3 is 0 Å². The van der Waals surface area contributed by atoms with Gasteiger partial charge in [0, 0.05) is 23.2 Å². The molecule has 1 aliphatic rings. The number of carbonyl (C=O) groups is 1. The maximum atomic E-state index is 12.9. The molecule has 2 N–H and O–H groups in total. The van der Waals surface area contributed by atoms with Crippen molar-refractivity contribution in [3.63, 3.8) is 0 Å². The third-order valence-corrected chi connectivity index (χ3v) is 5.77. The van der Waals surface area contributed by atoms with E-state index in [1.54, 1.807) is 36.4 Å². The van der Waals surface area contributed by atoms with Crippen LogP contribution in [0, 0.1) is 0 Å². The van der Waals surface area contributed by atoms with Crippen LogP contribution in [0.5, 0.6) is 0 Å². The summed E-state index contributed by atoms with van der Waals surface area (Å²) in [5, 5.41) is 4.28. The van der Waals surface area contributed by atoms with Gasteiger partial charge in [-0.05, 0) is 35.6 Å². The number of hydrogen-bond acceptors (Lipinski definition) is 3. The second-order valence-electron chi connectivity index (χ2n) is 5.96. The van der Waals surface area contributed by atoms with E-state index < -0.39 is 10.0 Å². The van der Waals surface area contributed by atoms with Crippen molar-refractivity contribution in [3.05, 3.63) is 71.8 Å². The van der Waals surface area contributed by atoms with Crippen LogP contribution in [0.2, 0.25) is 0 Å². The standard InChI is InChI=1S/C19H16N2O3S/c22-19-17-12-15(9-8-14(17)10-11-20-19)21-25(23,24)18-7-3-5-13-4-1-2-6-16(13)18/h1-9,12,21H,10-11H2,(H,20,22). The molecule has 0 spiro atoms. The minimum Gasteiger partial charge on any atom is -0.352 e. The number of hydrogen-bond donors (Lipinski definition) is 2. The number of anilines is 1. The van der Waals surface area contributed by atoms with Crippen LogP contribution in [-0.4, -0.2) is 20.9 Å². The lowest BCUT2D eigenvalue weighted by atomic mass is 10.00. The lowest BCUT2D eigenvalue weighted by molar-refractivity contribution is 0.0946. The van der Waals surface area contributed by atoms with Crippen LogP contribution in [0.15, 0.2) is 65.6 Å². The molecule has 3 aromatic carbocycles. The SMILES string of the molecule is O=C1NCCc2ccc(NS(=O)(=O)c3cccc4ccccc34)cc21. The van der Waals surface area contributed by atoms with Crippen LogP contribution < -0.4 is 10.0 Å². The zero-order valence-electron chi connectivity index (χ0n) is 13.3. The van der Waals surface area contributed by atoms with Gasteiger partial charge in [-0.15, -0.1) is 0 Å². The molecule has 0 bridgehead atoms. The van der Waals surface area contributed by atoms with Crippen LogP contribution in [-0.2, 0) is 16.4 Å². The Hall–Kier alpha value is -2.86. The van der Waals surface area contributed by atoms with Crippen molar-refractivity contribution in [1.82, 2.24) is 5.32 Å². The molecular weight excluding hydrogens is 336 g/mol. The summed E-state index contributed by atoms with van der Waals surface area (Å²) in [5.74, 6) is -0.174. The number of sulfonamides is 1. The number of benzene rings is 3. The van der Waals surface area contributed by atoms with Gasteiger partial charge in [-0.2, -0.15) is 0 Å². The molecule has 0 saturated carbocycles. The number of carbonyl (C=O) groups excluding carboxylic acids is 1. The van der Waals surface area contributed by atoms with E-state index in [9.17, 15) is 13.2 Å².